The van der Waals surface area contributed by atoms with Gasteiger partial charge in [-0.25, -0.2) is 0 Å². The maximum atomic E-state index is 12.2. The molecule has 0 spiro atoms. The Morgan fingerprint density at radius 2 is 1.95 bits per heavy atom. The number of rotatable bonds is 6. The molecule has 1 aliphatic heterocycles. The summed E-state index contributed by atoms with van der Waals surface area (Å²) in [6.07, 6.45) is 4.54. The fourth-order valence-electron chi connectivity index (χ4n) is 2.12. The van der Waals surface area contributed by atoms with E-state index in [4.69, 9.17) is 0 Å². The number of hydrogen-bond donors (Lipinski definition) is 0. The van der Waals surface area contributed by atoms with Gasteiger partial charge >= 0.3 is 0 Å². The van der Waals surface area contributed by atoms with Crippen molar-refractivity contribution >= 4 is 34.7 Å². The molecule has 1 aromatic rings. The van der Waals surface area contributed by atoms with Gasteiger partial charge in [0.15, 0.2) is 0 Å². The van der Waals surface area contributed by atoms with Crippen LogP contribution in [-0.2, 0) is 11.2 Å². The van der Waals surface area contributed by atoms with Gasteiger partial charge in [-0.2, -0.15) is 0 Å². The van der Waals surface area contributed by atoms with Crippen molar-refractivity contribution in [2.45, 2.75) is 36.3 Å². The molecule has 2 rings (SSSR count). The summed E-state index contributed by atoms with van der Waals surface area (Å²) in [4.78, 5) is 26.7. The van der Waals surface area contributed by atoms with Gasteiger partial charge in [-0.15, -0.1) is 11.8 Å². The molecule has 2 amide bonds. The van der Waals surface area contributed by atoms with Crippen molar-refractivity contribution < 1.29 is 9.59 Å². The standard InChI is InChI=1S/C15H19NO2S2/c1-3-4-9-16-14(17)13(20-15(16)18)10-11-5-7-12(19-2)8-6-11/h5-8,13H,3-4,9-10H2,1-2H3/t13-/m0/s1. The molecular weight excluding hydrogens is 290 g/mol. The monoisotopic (exact) mass is 309 g/mol. The summed E-state index contributed by atoms with van der Waals surface area (Å²) in [5, 5.41) is -0.339. The van der Waals surface area contributed by atoms with Crippen LogP contribution in [-0.4, -0.2) is 34.1 Å². The summed E-state index contributed by atoms with van der Waals surface area (Å²) in [5.74, 6) is -0.0256. The lowest BCUT2D eigenvalue weighted by Gasteiger charge is -2.13. The van der Waals surface area contributed by atoms with Crippen molar-refractivity contribution in [3.05, 3.63) is 29.8 Å². The van der Waals surface area contributed by atoms with Crippen LogP contribution >= 0.6 is 23.5 Å². The molecule has 1 atom stereocenters. The minimum Gasteiger partial charge on any atom is -0.273 e. The maximum Gasteiger partial charge on any atom is 0.289 e. The topological polar surface area (TPSA) is 37.4 Å². The normalized spacial score (nSPS) is 18.9. The smallest absolute Gasteiger partial charge is 0.273 e. The first kappa shape index (κ1) is 15.4. The largest absolute Gasteiger partial charge is 0.289 e. The quantitative estimate of drug-likeness (QED) is 0.749. The van der Waals surface area contributed by atoms with E-state index in [1.165, 1.54) is 21.6 Å². The van der Waals surface area contributed by atoms with Crippen LogP contribution in [0.2, 0.25) is 0 Å². The molecule has 1 aromatic carbocycles. The molecule has 0 aromatic heterocycles. The Bertz CT molecular complexity index is 487. The molecular formula is C15H19NO2S2. The van der Waals surface area contributed by atoms with Crippen molar-refractivity contribution in [2.75, 3.05) is 12.8 Å². The van der Waals surface area contributed by atoms with Gasteiger partial charge in [0.05, 0.1) is 5.25 Å². The summed E-state index contributed by atoms with van der Waals surface area (Å²) in [7, 11) is 0. The van der Waals surface area contributed by atoms with Crippen molar-refractivity contribution in [1.29, 1.82) is 0 Å². The molecule has 0 aliphatic carbocycles. The van der Waals surface area contributed by atoms with Gasteiger partial charge < -0.3 is 0 Å². The van der Waals surface area contributed by atoms with Crippen LogP contribution in [0, 0.1) is 0 Å². The molecule has 1 saturated heterocycles. The zero-order valence-electron chi connectivity index (χ0n) is 11.8. The maximum absolute atomic E-state index is 12.2. The first-order valence-electron chi connectivity index (χ1n) is 6.80. The lowest BCUT2D eigenvalue weighted by atomic mass is 10.1. The molecule has 0 saturated carbocycles. The third-order valence-electron chi connectivity index (χ3n) is 3.32. The van der Waals surface area contributed by atoms with Crippen molar-refractivity contribution in [2.24, 2.45) is 0 Å². The van der Waals surface area contributed by atoms with E-state index >= 15 is 0 Å². The SMILES string of the molecule is CCCCN1C(=O)S[C@@H](Cc2ccc(SC)cc2)C1=O. The highest BCUT2D eigenvalue weighted by Gasteiger charge is 2.38. The van der Waals surface area contributed by atoms with Crippen LogP contribution in [0.25, 0.3) is 0 Å². The Balaban J connectivity index is 1.99. The molecule has 1 aliphatic rings. The average molecular weight is 309 g/mol. The molecule has 1 heterocycles. The Morgan fingerprint density at radius 3 is 2.55 bits per heavy atom. The summed E-state index contributed by atoms with van der Waals surface area (Å²) in [6, 6.07) is 8.19. The number of carbonyl (C=O) groups excluding carboxylic acids is 2. The van der Waals surface area contributed by atoms with Gasteiger partial charge in [0.25, 0.3) is 5.24 Å². The lowest BCUT2D eigenvalue weighted by molar-refractivity contribution is -0.126. The Morgan fingerprint density at radius 1 is 1.25 bits per heavy atom. The molecule has 0 unspecified atom stereocenters. The first-order valence-corrected chi connectivity index (χ1v) is 8.91. The van der Waals surface area contributed by atoms with E-state index in [0.717, 1.165) is 18.4 Å². The zero-order chi connectivity index (χ0) is 14.5. The number of amides is 2. The Hall–Kier alpha value is -0.940. The van der Waals surface area contributed by atoms with Crippen LogP contribution in [0.1, 0.15) is 25.3 Å². The van der Waals surface area contributed by atoms with Gasteiger partial charge in [0, 0.05) is 11.4 Å². The van der Waals surface area contributed by atoms with Gasteiger partial charge in [-0.3, -0.25) is 14.5 Å². The van der Waals surface area contributed by atoms with E-state index in [-0.39, 0.29) is 16.4 Å². The van der Waals surface area contributed by atoms with Gasteiger partial charge in [-0.1, -0.05) is 37.2 Å². The number of hydrogen-bond acceptors (Lipinski definition) is 4. The van der Waals surface area contributed by atoms with E-state index < -0.39 is 0 Å². The van der Waals surface area contributed by atoms with Crippen LogP contribution in [0.15, 0.2) is 29.2 Å². The van der Waals surface area contributed by atoms with E-state index in [9.17, 15) is 9.59 Å². The lowest BCUT2D eigenvalue weighted by Crippen LogP contribution is -2.33. The second-order valence-corrected chi connectivity index (χ2v) is 6.80. The second-order valence-electron chi connectivity index (χ2n) is 4.77. The van der Waals surface area contributed by atoms with Crippen molar-refractivity contribution in [1.82, 2.24) is 4.90 Å². The molecule has 1 fully saturated rings. The molecule has 3 nitrogen and oxygen atoms in total. The highest BCUT2D eigenvalue weighted by Crippen LogP contribution is 2.30. The molecule has 0 radical (unpaired) electrons. The number of benzene rings is 1. The van der Waals surface area contributed by atoms with Gasteiger partial charge in [0.2, 0.25) is 5.91 Å². The Labute approximate surface area is 128 Å². The molecule has 5 heteroatoms. The predicted molar refractivity (Wildman–Crippen MR) is 85.3 cm³/mol. The third kappa shape index (κ3) is 3.58. The van der Waals surface area contributed by atoms with Crippen LogP contribution in [0.4, 0.5) is 4.79 Å². The van der Waals surface area contributed by atoms with Crippen LogP contribution in [0.3, 0.4) is 0 Å². The molecule has 108 valence electrons. The third-order valence-corrected chi connectivity index (χ3v) is 5.14. The number of carbonyl (C=O) groups is 2. The number of unbranched alkanes of at least 4 members (excludes halogenated alkanes) is 1. The highest BCUT2D eigenvalue weighted by atomic mass is 32.2. The number of imide groups is 1. The van der Waals surface area contributed by atoms with E-state index in [2.05, 4.69) is 19.1 Å². The number of thioether (sulfide) groups is 2. The second kappa shape index (κ2) is 7.18. The molecule has 0 bridgehead atoms. The minimum absolute atomic E-state index is 0.0256. The predicted octanol–water partition coefficient (Wildman–Crippen LogP) is 3.82. The fourth-order valence-corrected chi connectivity index (χ4v) is 3.59. The van der Waals surface area contributed by atoms with E-state index in [0.29, 0.717) is 13.0 Å². The Kier molecular flexibility index (Phi) is 5.54. The van der Waals surface area contributed by atoms with Crippen molar-refractivity contribution in [3.63, 3.8) is 0 Å². The van der Waals surface area contributed by atoms with Crippen molar-refractivity contribution in [3.8, 4) is 0 Å². The zero-order valence-corrected chi connectivity index (χ0v) is 13.4. The van der Waals surface area contributed by atoms with Crippen LogP contribution < -0.4 is 0 Å². The van der Waals surface area contributed by atoms with Crippen LogP contribution in [0.5, 0.6) is 0 Å². The fraction of sp³-hybridized carbons (Fsp3) is 0.467. The van der Waals surface area contributed by atoms with E-state index in [1.54, 1.807) is 11.8 Å². The van der Waals surface area contributed by atoms with Gasteiger partial charge in [-0.05, 0) is 36.8 Å². The summed E-state index contributed by atoms with van der Waals surface area (Å²) in [6.45, 7) is 2.62. The summed E-state index contributed by atoms with van der Waals surface area (Å²) >= 11 is 2.87. The molecule has 20 heavy (non-hydrogen) atoms. The highest BCUT2D eigenvalue weighted by molar-refractivity contribution is 8.15. The minimum atomic E-state index is -0.250. The van der Waals surface area contributed by atoms with Gasteiger partial charge in [0.1, 0.15) is 0 Å². The summed E-state index contributed by atoms with van der Waals surface area (Å²) in [5.41, 5.74) is 1.11. The average Bonchev–Trinajstić information content (AvgIpc) is 2.72. The van der Waals surface area contributed by atoms with E-state index in [1.807, 2.05) is 18.4 Å². The molecule has 0 N–H and O–H groups in total. The summed E-state index contributed by atoms with van der Waals surface area (Å²) < 4.78 is 0. The number of nitrogens with zero attached hydrogens (tertiary/aromatic N) is 1. The first-order chi connectivity index (χ1) is 9.65.